The number of hydrogen-bond donors (Lipinski definition) is 1. The predicted molar refractivity (Wildman–Crippen MR) is 97.8 cm³/mol. The van der Waals surface area contributed by atoms with Crippen molar-refractivity contribution < 1.29 is 29.0 Å². The second-order valence-corrected chi connectivity index (χ2v) is 6.94. The summed E-state index contributed by atoms with van der Waals surface area (Å²) in [6.45, 7) is 1.91. The number of likely N-dealkylation sites (N-methyl/N-ethyl adjacent to an activating group) is 1. The normalized spacial score (nSPS) is 16.8. The van der Waals surface area contributed by atoms with Crippen molar-refractivity contribution in [2.75, 3.05) is 27.0 Å². The molecular formula is C18H21NO6S. The van der Waals surface area contributed by atoms with Crippen LogP contribution in [0.15, 0.2) is 29.3 Å². The third-order valence-corrected chi connectivity index (χ3v) is 5.25. The lowest BCUT2D eigenvalue weighted by atomic mass is 9.97. The number of amides is 1. The van der Waals surface area contributed by atoms with Gasteiger partial charge in [0.05, 0.1) is 26.2 Å². The highest BCUT2D eigenvalue weighted by atomic mass is 32.2. The molecule has 1 N–H and O–H groups in total. The summed E-state index contributed by atoms with van der Waals surface area (Å²) in [4.78, 5) is 38.4. The van der Waals surface area contributed by atoms with E-state index in [1.807, 2.05) is 6.92 Å². The molecule has 1 amide bonds. The highest BCUT2D eigenvalue weighted by molar-refractivity contribution is 8.00. The van der Waals surface area contributed by atoms with Gasteiger partial charge >= 0.3 is 5.97 Å². The van der Waals surface area contributed by atoms with Crippen LogP contribution in [0.25, 0.3) is 0 Å². The third-order valence-electron chi connectivity index (χ3n) is 4.05. The van der Waals surface area contributed by atoms with Crippen molar-refractivity contribution in [1.82, 2.24) is 4.90 Å². The van der Waals surface area contributed by atoms with Crippen molar-refractivity contribution in [3.8, 4) is 11.5 Å². The number of ether oxygens (including phenoxy) is 2. The molecule has 0 unspecified atom stereocenters. The van der Waals surface area contributed by atoms with E-state index in [9.17, 15) is 14.4 Å². The van der Waals surface area contributed by atoms with Gasteiger partial charge in [-0.3, -0.25) is 14.4 Å². The van der Waals surface area contributed by atoms with E-state index < -0.39 is 29.5 Å². The number of thioether (sulfide) groups is 1. The van der Waals surface area contributed by atoms with E-state index >= 15 is 0 Å². The molecule has 2 rings (SSSR count). The molecule has 0 aromatic heterocycles. The molecule has 0 radical (unpaired) electrons. The molecule has 1 aromatic carbocycles. The molecule has 0 bridgehead atoms. The first-order valence-electron chi connectivity index (χ1n) is 7.96. The summed E-state index contributed by atoms with van der Waals surface area (Å²) >= 11 is 1.40. The zero-order chi connectivity index (χ0) is 19.4. The van der Waals surface area contributed by atoms with Crippen molar-refractivity contribution in [1.29, 1.82) is 0 Å². The minimum Gasteiger partial charge on any atom is -0.497 e. The fourth-order valence-corrected chi connectivity index (χ4v) is 3.88. The first-order valence-corrected chi connectivity index (χ1v) is 9.00. The molecule has 1 aliphatic rings. The Morgan fingerprint density at radius 1 is 1.27 bits per heavy atom. The third kappa shape index (κ3) is 3.70. The van der Waals surface area contributed by atoms with Crippen LogP contribution >= 0.6 is 11.8 Å². The number of aliphatic carboxylic acids is 1. The molecule has 140 valence electrons. The van der Waals surface area contributed by atoms with Crippen molar-refractivity contribution in [2.45, 2.75) is 18.7 Å². The molecule has 0 aliphatic carbocycles. The lowest BCUT2D eigenvalue weighted by molar-refractivity contribution is -0.137. The standard InChI is InChI=1S/C18H21NO6S/c1-5-26-18-15(12(9-14(20)21)17(23)19(18)2)16(22)11-7-6-10(24-3)8-13(11)25-4/h6-8,18H,5,9H2,1-4H3,(H,20,21)/t18-/m1/s1. The second-order valence-electron chi connectivity index (χ2n) is 5.58. The number of Topliss-reactive ketones (excluding diaryl/α,β-unsaturated/α-hetero) is 1. The van der Waals surface area contributed by atoms with E-state index in [-0.39, 0.29) is 16.7 Å². The van der Waals surface area contributed by atoms with E-state index in [0.29, 0.717) is 17.3 Å². The average molecular weight is 379 g/mol. The summed E-state index contributed by atoms with van der Waals surface area (Å²) in [5, 5.41) is 8.64. The lowest BCUT2D eigenvalue weighted by Crippen LogP contribution is -2.31. The number of carbonyl (C=O) groups excluding carboxylic acids is 2. The number of benzene rings is 1. The van der Waals surface area contributed by atoms with Gasteiger partial charge in [0.25, 0.3) is 5.91 Å². The highest BCUT2D eigenvalue weighted by Gasteiger charge is 2.41. The number of carbonyl (C=O) groups is 3. The summed E-state index contributed by atoms with van der Waals surface area (Å²) in [7, 11) is 4.51. The summed E-state index contributed by atoms with van der Waals surface area (Å²) in [6.07, 6.45) is -0.497. The van der Waals surface area contributed by atoms with Gasteiger partial charge in [0.2, 0.25) is 0 Å². The maximum absolute atomic E-state index is 13.2. The Morgan fingerprint density at radius 3 is 2.50 bits per heavy atom. The Hall–Kier alpha value is -2.48. The van der Waals surface area contributed by atoms with Gasteiger partial charge in [-0.1, -0.05) is 6.92 Å². The second kappa shape index (κ2) is 8.27. The average Bonchev–Trinajstić information content (AvgIpc) is 2.85. The van der Waals surface area contributed by atoms with E-state index in [4.69, 9.17) is 14.6 Å². The van der Waals surface area contributed by atoms with Crippen LogP contribution in [0, 0.1) is 0 Å². The summed E-state index contributed by atoms with van der Waals surface area (Å²) in [5.74, 6) is -0.510. The number of hydrogen-bond acceptors (Lipinski definition) is 6. The molecular weight excluding hydrogens is 358 g/mol. The van der Waals surface area contributed by atoms with Gasteiger partial charge in [0.1, 0.15) is 16.9 Å². The van der Waals surface area contributed by atoms with E-state index in [0.717, 1.165) is 0 Å². The summed E-state index contributed by atoms with van der Waals surface area (Å²) < 4.78 is 10.4. The van der Waals surface area contributed by atoms with Gasteiger partial charge in [-0.2, -0.15) is 0 Å². The first-order chi connectivity index (χ1) is 12.3. The Kier molecular flexibility index (Phi) is 6.31. The monoisotopic (exact) mass is 379 g/mol. The number of methoxy groups -OCH3 is 2. The number of rotatable bonds is 8. The highest BCUT2D eigenvalue weighted by Crippen LogP contribution is 2.38. The Balaban J connectivity index is 2.59. The minimum atomic E-state index is -1.16. The van der Waals surface area contributed by atoms with Crippen LogP contribution in [0.2, 0.25) is 0 Å². The lowest BCUT2D eigenvalue weighted by Gasteiger charge is -2.22. The number of carboxylic acid groups (broad SMARTS) is 1. The number of nitrogens with zero attached hydrogens (tertiary/aromatic N) is 1. The Labute approximate surface area is 156 Å². The largest absolute Gasteiger partial charge is 0.497 e. The smallest absolute Gasteiger partial charge is 0.308 e. The molecule has 26 heavy (non-hydrogen) atoms. The van der Waals surface area contributed by atoms with E-state index in [2.05, 4.69) is 0 Å². The first kappa shape index (κ1) is 19.8. The quantitative estimate of drug-likeness (QED) is 0.692. The summed E-state index contributed by atoms with van der Waals surface area (Å²) in [6, 6.07) is 4.75. The molecule has 1 aliphatic heterocycles. The van der Waals surface area contributed by atoms with Crippen LogP contribution in [-0.2, 0) is 9.59 Å². The summed E-state index contributed by atoms with van der Waals surface area (Å²) in [5.41, 5.74) is 0.486. The Bertz CT molecular complexity index is 773. The van der Waals surface area contributed by atoms with Crippen LogP contribution in [0.4, 0.5) is 0 Å². The van der Waals surface area contributed by atoms with E-state index in [1.165, 1.54) is 30.9 Å². The van der Waals surface area contributed by atoms with Crippen molar-refractivity contribution in [3.05, 3.63) is 34.9 Å². The SMILES string of the molecule is CCS[C@@H]1C(C(=O)c2ccc(OC)cc2OC)=C(CC(=O)O)C(=O)N1C. The number of ketones is 1. The van der Waals surface area contributed by atoms with Gasteiger partial charge in [0.15, 0.2) is 5.78 Å². The molecule has 1 heterocycles. The van der Waals surface area contributed by atoms with Crippen LogP contribution in [0.5, 0.6) is 11.5 Å². The van der Waals surface area contributed by atoms with Crippen LogP contribution in [-0.4, -0.2) is 60.1 Å². The number of carboxylic acids is 1. The van der Waals surface area contributed by atoms with Gasteiger partial charge in [-0.15, -0.1) is 11.8 Å². The zero-order valence-electron chi connectivity index (χ0n) is 15.1. The van der Waals surface area contributed by atoms with Crippen LogP contribution in [0.1, 0.15) is 23.7 Å². The molecule has 0 spiro atoms. The Morgan fingerprint density at radius 2 is 1.96 bits per heavy atom. The molecule has 1 atom stereocenters. The van der Waals surface area contributed by atoms with Gasteiger partial charge in [-0.05, 0) is 17.9 Å². The van der Waals surface area contributed by atoms with Crippen molar-refractivity contribution >= 4 is 29.4 Å². The molecule has 0 saturated carbocycles. The van der Waals surface area contributed by atoms with Crippen molar-refractivity contribution in [3.63, 3.8) is 0 Å². The molecule has 7 nitrogen and oxygen atoms in total. The predicted octanol–water partition coefficient (Wildman–Crippen LogP) is 2.21. The fourth-order valence-electron chi connectivity index (χ4n) is 2.83. The van der Waals surface area contributed by atoms with E-state index in [1.54, 1.807) is 25.2 Å². The molecule has 0 saturated heterocycles. The van der Waals surface area contributed by atoms with Gasteiger partial charge in [-0.25, -0.2) is 0 Å². The van der Waals surface area contributed by atoms with Crippen molar-refractivity contribution in [2.24, 2.45) is 0 Å². The maximum Gasteiger partial charge on any atom is 0.308 e. The van der Waals surface area contributed by atoms with Crippen LogP contribution in [0.3, 0.4) is 0 Å². The minimum absolute atomic E-state index is 0.0221. The van der Waals surface area contributed by atoms with Gasteiger partial charge < -0.3 is 19.5 Å². The van der Waals surface area contributed by atoms with Crippen LogP contribution < -0.4 is 9.47 Å². The van der Waals surface area contributed by atoms with Gasteiger partial charge in [0, 0.05) is 24.3 Å². The fraction of sp³-hybridized carbons (Fsp3) is 0.389. The topological polar surface area (TPSA) is 93.1 Å². The zero-order valence-corrected chi connectivity index (χ0v) is 15.9. The molecule has 0 fully saturated rings. The molecule has 8 heteroatoms. The molecule has 1 aromatic rings. The maximum atomic E-state index is 13.2.